The third-order valence-electron chi connectivity index (χ3n) is 2.73. The van der Waals surface area contributed by atoms with Crippen LogP contribution < -0.4 is 4.72 Å². The lowest BCUT2D eigenvalue weighted by Gasteiger charge is -2.26. The third kappa shape index (κ3) is 4.74. The van der Waals surface area contributed by atoms with Crippen molar-refractivity contribution in [3.05, 3.63) is 0 Å². The fourth-order valence-electron chi connectivity index (χ4n) is 1.95. The van der Waals surface area contributed by atoms with Gasteiger partial charge in [-0.2, -0.15) is 12.7 Å². The molecule has 0 bridgehead atoms. The van der Waals surface area contributed by atoms with Gasteiger partial charge in [-0.15, -0.1) is 0 Å². The van der Waals surface area contributed by atoms with Crippen LogP contribution in [0.4, 0.5) is 0 Å². The van der Waals surface area contributed by atoms with Crippen LogP contribution in [-0.2, 0) is 19.7 Å². The number of nitrogens with zero attached hydrogens (tertiary/aromatic N) is 1. The van der Waals surface area contributed by atoms with E-state index in [0.29, 0.717) is 32.4 Å². The Kier molecular flexibility index (Phi) is 5.34. The standard InChI is InChI=1S/C12H24N2O4S/c1-5-8-13-19(16,17)14-9-6-7-10(14)11(15)18-12(2,3)4/h10,13H,5-9H2,1-4H3/t10-/m1/s1. The van der Waals surface area contributed by atoms with Crippen molar-refractivity contribution in [1.82, 2.24) is 9.03 Å². The number of carbonyl (C=O) groups excluding carboxylic acids is 1. The van der Waals surface area contributed by atoms with Gasteiger partial charge >= 0.3 is 5.97 Å². The molecule has 6 nitrogen and oxygen atoms in total. The zero-order chi connectivity index (χ0) is 14.7. The second-order valence-electron chi connectivity index (χ2n) is 5.70. The van der Waals surface area contributed by atoms with Crippen LogP contribution in [0.15, 0.2) is 0 Å². The summed E-state index contributed by atoms with van der Waals surface area (Å²) in [6.07, 6.45) is 1.91. The van der Waals surface area contributed by atoms with Gasteiger partial charge in [-0.1, -0.05) is 6.92 Å². The fraction of sp³-hybridized carbons (Fsp3) is 0.917. The molecule has 0 amide bonds. The Morgan fingerprint density at radius 2 is 2.05 bits per heavy atom. The molecule has 0 spiro atoms. The average molecular weight is 292 g/mol. The maximum Gasteiger partial charge on any atom is 0.325 e. The minimum absolute atomic E-state index is 0.364. The Morgan fingerprint density at radius 1 is 1.42 bits per heavy atom. The van der Waals surface area contributed by atoms with Gasteiger partial charge in [0.2, 0.25) is 0 Å². The molecule has 1 fully saturated rings. The smallest absolute Gasteiger partial charge is 0.325 e. The quantitative estimate of drug-likeness (QED) is 0.768. The lowest BCUT2D eigenvalue weighted by atomic mass is 10.2. The van der Waals surface area contributed by atoms with Gasteiger partial charge in [0.15, 0.2) is 0 Å². The molecule has 1 aliphatic rings. The summed E-state index contributed by atoms with van der Waals surface area (Å²) < 4.78 is 33.1. The van der Waals surface area contributed by atoms with Crippen molar-refractivity contribution < 1.29 is 17.9 Å². The van der Waals surface area contributed by atoms with Crippen molar-refractivity contribution in [3.8, 4) is 0 Å². The van der Waals surface area contributed by atoms with E-state index in [1.807, 2.05) is 6.92 Å². The molecule has 1 N–H and O–H groups in total. The van der Waals surface area contributed by atoms with Gasteiger partial charge < -0.3 is 4.74 Å². The highest BCUT2D eigenvalue weighted by Gasteiger charge is 2.40. The maximum atomic E-state index is 12.1. The van der Waals surface area contributed by atoms with Crippen LogP contribution in [0.5, 0.6) is 0 Å². The zero-order valence-corrected chi connectivity index (χ0v) is 12.9. The molecule has 1 heterocycles. The Bertz CT molecular complexity index is 414. The van der Waals surface area contributed by atoms with Gasteiger partial charge in [-0.25, -0.2) is 4.72 Å². The summed E-state index contributed by atoms with van der Waals surface area (Å²) >= 11 is 0. The molecule has 0 aliphatic carbocycles. The maximum absolute atomic E-state index is 12.1. The molecule has 1 aliphatic heterocycles. The van der Waals surface area contributed by atoms with Crippen LogP contribution in [-0.4, -0.2) is 43.4 Å². The Morgan fingerprint density at radius 3 is 2.58 bits per heavy atom. The summed E-state index contributed by atoms with van der Waals surface area (Å²) in [5.41, 5.74) is -0.605. The molecule has 0 aromatic carbocycles. The van der Waals surface area contributed by atoms with Gasteiger partial charge in [-0.05, 0) is 40.0 Å². The Labute approximate surface area is 115 Å². The van der Waals surface area contributed by atoms with Gasteiger partial charge in [0, 0.05) is 13.1 Å². The third-order valence-corrected chi connectivity index (χ3v) is 4.35. The lowest BCUT2D eigenvalue weighted by molar-refractivity contribution is -0.158. The molecule has 112 valence electrons. The number of hydrogen-bond donors (Lipinski definition) is 1. The lowest BCUT2D eigenvalue weighted by Crippen LogP contribution is -2.48. The fourth-order valence-corrected chi connectivity index (χ4v) is 3.47. The van der Waals surface area contributed by atoms with Crippen molar-refractivity contribution in [2.45, 2.75) is 58.6 Å². The topological polar surface area (TPSA) is 75.7 Å². The first kappa shape index (κ1) is 16.4. The van der Waals surface area contributed by atoms with Crippen LogP contribution in [0.1, 0.15) is 47.0 Å². The molecule has 1 rings (SSSR count). The van der Waals surface area contributed by atoms with Gasteiger partial charge in [0.25, 0.3) is 10.2 Å². The molecule has 0 aromatic heterocycles. The highest BCUT2D eigenvalue weighted by atomic mass is 32.2. The average Bonchev–Trinajstić information content (AvgIpc) is 2.73. The predicted molar refractivity (Wildman–Crippen MR) is 72.8 cm³/mol. The number of ether oxygens (including phenoxy) is 1. The largest absolute Gasteiger partial charge is 0.459 e. The Hall–Kier alpha value is -0.660. The summed E-state index contributed by atoms with van der Waals surface area (Å²) in [7, 11) is -3.59. The van der Waals surface area contributed by atoms with E-state index in [1.54, 1.807) is 20.8 Å². The summed E-state index contributed by atoms with van der Waals surface area (Å²) in [5, 5.41) is 0. The molecular weight excluding hydrogens is 268 g/mol. The van der Waals surface area contributed by atoms with Crippen LogP contribution in [0.25, 0.3) is 0 Å². The minimum atomic E-state index is -3.59. The molecule has 0 unspecified atom stereocenters. The van der Waals surface area contributed by atoms with E-state index in [1.165, 1.54) is 4.31 Å². The van der Waals surface area contributed by atoms with Crippen molar-refractivity contribution in [2.24, 2.45) is 0 Å². The Balaban J connectivity index is 2.76. The van der Waals surface area contributed by atoms with Crippen LogP contribution in [0.2, 0.25) is 0 Å². The number of carbonyl (C=O) groups is 1. The minimum Gasteiger partial charge on any atom is -0.459 e. The van der Waals surface area contributed by atoms with E-state index in [0.717, 1.165) is 0 Å². The van der Waals surface area contributed by atoms with E-state index in [9.17, 15) is 13.2 Å². The molecule has 0 aromatic rings. The summed E-state index contributed by atoms with van der Waals surface area (Å²) in [6, 6.07) is -0.700. The highest BCUT2D eigenvalue weighted by Crippen LogP contribution is 2.23. The van der Waals surface area contributed by atoms with Crippen molar-refractivity contribution in [2.75, 3.05) is 13.1 Å². The SMILES string of the molecule is CCCNS(=O)(=O)N1CCC[C@@H]1C(=O)OC(C)(C)C. The first-order valence-electron chi connectivity index (χ1n) is 6.66. The molecule has 7 heteroatoms. The zero-order valence-electron chi connectivity index (χ0n) is 12.1. The van der Waals surface area contributed by atoms with Crippen molar-refractivity contribution in [1.29, 1.82) is 0 Å². The number of esters is 1. The highest BCUT2D eigenvalue weighted by molar-refractivity contribution is 7.87. The van der Waals surface area contributed by atoms with E-state index >= 15 is 0 Å². The number of hydrogen-bond acceptors (Lipinski definition) is 4. The summed E-state index contributed by atoms with van der Waals surface area (Å²) in [5.74, 6) is -0.466. The summed E-state index contributed by atoms with van der Waals surface area (Å²) in [4.78, 5) is 12.0. The second kappa shape index (κ2) is 6.19. The van der Waals surface area contributed by atoms with E-state index in [4.69, 9.17) is 4.74 Å². The monoisotopic (exact) mass is 292 g/mol. The van der Waals surface area contributed by atoms with Crippen molar-refractivity contribution >= 4 is 16.2 Å². The van der Waals surface area contributed by atoms with Gasteiger partial charge in [0.05, 0.1) is 0 Å². The first-order valence-corrected chi connectivity index (χ1v) is 8.10. The van der Waals surface area contributed by atoms with Gasteiger partial charge in [-0.3, -0.25) is 4.79 Å². The number of nitrogens with one attached hydrogen (secondary N) is 1. The van der Waals surface area contributed by atoms with E-state index < -0.39 is 27.8 Å². The molecular formula is C12H24N2O4S. The van der Waals surface area contributed by atoms with Crippen LogP contribution >= 0.6 is 0 Å². The van der Waals surface area contributed by atoms with E-state index in [2.05, 4.69) is 4.72 Å². The second-order valence-corrected chi connectivity index (χ2v) is 7.41. The van der Waals surface area contributed by atoms with Gasteiger partial charge in [0.1, 0.15) is 11.6 Å². The summed E-state index contributed by atoms with van der Waals surface area (Å²) in [6.45, 7) is 7.94. The van der Waals surface area contributed by atoms with E-state index in [-0.39, 0.29) is 0 Å². The predicted octanol–water partition coefficient (Wildman–Crippen LogP) is 1.04. The molecule has 0 saturated carbocycles. The van der Waals surface area contributed by atoms with Crippen LogP contribution in [0, 0.1) is 0 Å². The molecule has 19 heavy (non-hydrogen) atoms. The normalized spacial score (nSPS) is 21.6. The number of rotatable bonds is 5. The first-order chi connectivity index (χ1) is 8.67. The molecule has 1 atom stereocenters. The molecule has 1 saturated heterocycles. The van der Waals surface area contributed by atoms with Crippen LogP contribution in [0.3, 0.4) is 0 Å². The molecule has 0 radical (unpaired) electrons. The van der Waals surface area contributed by atoms with Crippen molar-refractivity contribution in [3.63, 3.8) is 0 Å².